The van der Waals surface area contributed by atoms with Crippen molar-refractivity contribution in [2.75, 3.05) is 5.32 Å². The zero-order valence-corrected chi connectivity index (χ0v) is 13.5. The molecule has 0 unspecified atom stereocenters. The Bertz CT molecular complexity index is 498. The lowest BCUT2D eigenvalue weighted by atomic mass is 10.0. The Morgan fingerprint density at radius 2 is 1.83 bits per heavy atom. The molecule has 0 saturated heterocycles. The van der Waals surface area contributed by atoms with Gasteiger partial charge in [-0.05, 0) is 61.5 Å². The molecule has 0 aliphatic rings. The number of nitrogens with one attached hydrogen (secondary N) is 1. The van der Waals surface area contributed by atoms with E-state index in [1.54, 1.807) is 0 Å². The number of hydrogen-bond donors (Lipinski definition) is 1. The molecule has 0 amide bonds. The molecule has 2 nitrogen and oxygen atoms in total. The van der Waals surface area contributed by atoms with Crippen molar-refractivity contribution < 1.29 is 4.42 Å². The molecule has 1 aromatic carbocycles. The third kappa shape index (κ3) is 3.39. The van der Waals surface area contributed by atoms with Gasteiger partial charge in [0, 0.05) is 5.69 Å². The minimum atomic E-state index is 0.566. The van der Waals surface area contributed by atoms with Crippen LogP contribution in [0.2, 0.25) is 0 Å². The van der Waals surface area contributed by atoms with Crippen LogP contribution in [-0.4, -0.2) is 0 Å². The molecule has 0 radical (unpaired) electrons. The highest BCUT2D eigenvalue weighted by molar-refractivity contribution is 9.13. The van der Waals surface area contributed by atoms with Gasteiger partial charge in [0.05, 0.1) is 11.0 Å². The highest BCUT2D eigenvalue weighted by Crippen LogP contribution is 2.27. The first-order valence-corrected chi connectivity index (χ1v) is 7.42. The topological polar surface area (TPSA) is 25.2 Å². The van der Waals surface area contributed by atoms with Crippen LogP contribution in [-0.2, 0) is 6.54 Å². The Labute approximate surface area is 124 Å². The number of rotatable bonds is 4. The van der Waals surface area contributed by atoms with Crippen molar-refractivity contribution in [2.45, 2.75) is 26.3 Å². The van der Waals surface area contributed by atoms with Crippen LogP contribution in [0.15, 0.2) is 43.9 Å². The maximum absolute atomic E-state index is 5.51. The number of benzene rings is 1. The fourth-order valence-electron chi connectivity index (χ4n) is 1.65. The average molecular weight is 373 g/mol. The first-order valence-electron chi connectivity index (χ1n) is 5.84. The molecular formula is C14H15Br2NO. The van der Waals surface area contributed by atoms with Crippen LogP contribution < -0.4 is 5.32 Å². The van der Waals surface area contributed by atoms with Gasteiger partial charge in [0.1, 0.15) is 5.76 Å². The molecule has 1 aromatic heterocycles. The second kappa shape index (κ2) is 5.93. The van der Waals surface area contributed by atoms with E-state index in [1.807, 2.05) is 6.07 Å². The lowest BCUT2D eigenvalue weighted by Gasteiger charge is -2.08. The van der Waals surface area contributed by atoms with Crippen LogP contribution >= 0.6 is 31.9 Å². The summed E-state index contributed by atoms with van der Waals surface area (Å²) in [5, 5.41) is 3.33. The van der Waals surface area contributed by atoms with E-state index in [2.05, 4.69) is 75.3 Å². The monoisotopic (exact) mass is 371 g/mol. The Morgan fingerprint density at radius 1 is 1.17 bits per heavy atom. The van der Waals surface area contributed by atoms with E-state index in [9.17, 15) is 0 Å². The normalized spacial score (nSPS) is 10.9. The Balaban J connectivity index is 1.97. The Kier molecular flexibility index (Phi) is 4.51. The number of halogens is 2. The van der Waals surface area contributed by atoms with E-state index in [0.717, 1.165) is 20.6 Å². The summed E-state index contributed by atoms with van der Waals surface area (Å²) in [7, 11) is 0. The second-order valence-corrected chi connectivity index (χ2v) is 6.04. The van der Waals surface area contributed by atoms with E-state index in [4.69, 9.17) is 4.42 Å². The van der Waals surface area contributed by atoms with Gasteiger partial charge in [0.2, 0.25) is 0 Å². The molecule has 1 N–H and O–H groups in total. The van der Waals surface area contributed by atoms with Crippen LogP contribution in [0.25, 0.3) is 0 Å². The molecule has 0 fully saturated rings. The van der Waals surface area contributed by atoms with Gasteiger partial charge >= 0.3 is 0 Å². The number of hydrogen-bond acceptors (Lipinski definition) is 2. The summed E-state index contributed by atoms with van der Waals surface area (Å²) in [6.45, 7) is 5.06. The summed E-state index contributed by atoms with van der Waals surface area (Å²) in [4.78, 5) is 0. The van der Waals surface area contributed by atoms with Gasteiger partial charge in [-0.25, -0.2) is 0 Å². The molecule has 0 aliphatic heterocycles. The van der Waals surface area contributed by atoms with E-state index in [1.165, 1.54) is 5.56 Å². The molecule has 2 rings (SSSR count). The average Bonchev–Trinajstić information content (AvgIpc) is 2.67. The Morgan fingerprint density at radius 3 is 2.33 bits per heavy atom. The van der Waals surface area contributed by atoms with E-state index in [0.29, 0.717) is 12.5 Å². The van der Waals surface area contributed by atoms with Crippen molar-refractivity contribution in [1.29, 1.82) is 0 Å². The van der Waals surface area contributed by atoms with Crippen LogP contribution in [0.4, 0.5) is 5.69 Å². The smallest absolute Gasteiger partial charge is 0.183 e. The van der Waals surface area contributed by atoms with Gasteiger partial charge in [-0.15, -0.1) is 0 Å². The van der Waals surface area contributed by atoms with Crippen molar-refractivity contribution in [2.24, 2.45) is 0 Å². The van der Waals surface area contributed by atoms with Crippen LogP contribution in [0.5, 0.6) is 0 Å². The van der Waals surface area contributed by atoms with Gasteiger partial charge in [-0.3, -0.25) is 0 Å². The predicted octanol–water partition coefficient (Wildman–Crippen LogP) is 5.54. The number of anilines is 1. The van der Waals surface area contributed by atoms with E-state index >= 15 is 0 Å². The number of furan rings is 1. The van der Waals surface area contributed by atoms with E-state index in [-0.39, 0.29) is 0 Å². The van der Waals surface area contributed by atoms with Crippen molar-refractivity contribution in [3.63, 3.8) is 0 Å². The summed E-state index contributed by atoms with van der Waals surface area (Å²) in [5.41, 5.74) is 2.45. The molecular weight excluding hydrogens is 358 g/mol. The molecule has 2 aromatic rings. The largest absolute Gasteiger partial charge is 0.451 e. The van der Waals surface area contributed by atoms with Gasteiger partial charge in [0.25, 0.3) is 0 Å². The van der Waals surface area contributed by atoms with Gasteiger partial charge in [-0.2, -0.15) is 0 Å². The maximum Gasteiger partial charge on any atom is 0.183 e. The summed E-state index contributed by atoms with van der Waals surface area (Å²) >= 11 is 6.73. The molecule has 18 heavy (non-hydrogen) atoms. The standard InChI is InChI=1S/C14H15Br2NO/c1-9(2)10-3-5-11(6-4-10)17-8-12-7-13(15)14(16)18-12/h3-7,9,17H,8H2,1-2H3. The Hall–Kier alpha value is -0.740. The molecule has 0 aliphatic carbocycles. The van der Waals surface area contributed by atoms with Gasteiger partial charge in [-0.1, -0.05) is 26.0 Å². The minimum Gasteiger partial charge on any atom is -0.451 e. The molecule has 0 saturated carbocycles. The first-order chi connectivity index (χ1) is 8.56. The second-order valence-electron chi connectivity index (χ2n) is 4.46. The summed E-state index contributed by atoms with van der Waals surface area (Å²) in [6.07, 6.45) is 0. The fourth-order valence-corrected chi connectivity index (χ4v) is 2.31. The van der Waals surface area contributed by atoms with Crippen molar-refractivity contribution >= 4 is 37.5 Å². The summed E-state index contributed by atoms with van der Waals surface area (Å²) < 4.78 is 7.18. The predicted molar refractivity (Wildman–Crippen MR) is 82.0 cm³/mol. The SMILES string of the molecule is CC(C)c1ccc(NCc2cc(Br)c(Br)o2)cc1. The zero-order chi connectivity index (χ0) is 13.1. The first kappa shape index (κ1) is 13.7. The van der Waals surface area contributed by atoms with Crippen molar-refractivity contribution in [1.82, 2.24) is 0 Å². The molecule has 0 spiro atoms. The fraction of sp³-hybridized carbons (Fsp3) is 0.286. The third-order valence-electron chi connectivity index (χ3n) is 2.74. The summed E-state index contributed by atoms with van der Waals surface area (Å²) in [6, 6.07) is 10.5. The quantitative estimate of drug-likeness (QED) is 0.762. The van der Waals surface area contributed by atoms with Gasteiger partial charge < -0.3 is 9.73 Å². The molecule has 4 heteroatoms. The van der Waals surface area contributed by atoms with Crippen LogP contribution in [0, 0.1) is 0 Å². The molecule has 0 atom stereocenters. The maximum atomic E-state index is 5.51. The minimum absolute atomic E-state index is 0.566. The zero-order valence-electron chi connectivity index (χ0n) is 10.3. The third-order valence-corrected chi connectivity index (χ3v) is 4.45. The summed E-state index contributed by atoms with van der Waals surface area (Å²) in [5.74, 6) is 1.46. The molecule has 1 heterocycles. The van der Waals surface area contributed by atoms with Crippen molar-refractivity contribution in [3.8, 4) is 0 Å². The van der Waals surface area contributed by atoms with Crippen LogP contribution in [0.3, 0.4) is 0 Å². The molecule has 96 valence electrons. The molecule has 0 bridgehead atoms. The van der Waals surface area contributed by atoms with Crippen LogP contribution in [0.1, 0.15) is 31.1 Å². The lowest BCUT2D eigenvalue weighted by molar-refractivity contribution is 0.494. The highest BCUT2D eigenvalue weighted by Gasteiger charge is 2.05. The van der Waals surface area contributed by atoms with Crippen molar-refractivity contribution in [3.05, 3.63) is 50.8 Å². The van der Waals surface area contributed by atoms with Gasteiger partial charge in [0.15, 0.2) is 4.67 Å². The lowest BCUT2D eigenvalue weighted by Crippen LogP contribution is -1.98. The highest BCUT2D eigenvalue weighted by atomic mass is 79.9. The van der Waals surface area contributed by atoms with E-state index < -0.39 is 0 Å².